The summed E-state index contributed by atoms with van der Waals surface area (Å²) in [5, 5.41) is 0. The monoisotopic (exact) mass is 300 g/mol. The van der Waals surface area contributed by atoms with Crippen LogP contribution in [0.15, 0.2) is 24.3 Å². The molecule has 2 fully saturated rings. The average molecular weight is 300 g/mol. The van der Waals surface area contributed by atoms with Gasteiger partial charge in [-0.2, -0.15) is 0 Å². The van der Waals surface area contributed by atoms with E-state index >= 15 is 0 Å². The van der Waals surface area contributed by atoms with Gasteiger partial charge >= 0.3 is 6.36 Å². The molecule has 0 amide bonds. The Morgan fingerprint density at radius 1 is 1.14 bits per heavy atom. The minimum atomic E-state index is -4.65. The molecular formula is C15H19F3N2O. The molecule has 0 saturated heterocycles. The lowest BCUT2D eigenvalue weighted by molar-refractivity contribution is -0.274. The number of fused-ring (bicyclic) bond motifs is 1. The summed E-state index contributed by atoms with van der Waals surface area (Å²) in [7, 11) is 0. The van der Waals surface area contributed by atoms with E-state index in [-0.39, 0.29) is 11.8 Å². The van der Waals surface area contributed by atoms with Crippen LogP contribution in [-0.4, -0.2) is 12.4 Å². The number of benzene rings is 1. The molecule has 2 aliphatic carbocycles. The molecular weight excluding hydrogens is 281 g/mol. The van der Waals surface area contributed by atoms with E-state index in [4.69, 9.17) is 5.84 Å². The van der Waals surface area contributed by atoms with Gasteiger partial charge in [0.2, 0.25) is 0 Å². The molecule has 2 aliphatic rings. The van der Waals surface area contributed by atoms with Crippen LogP contribution in [0, 0.1) is 17.8 Å². The Morgan fingerprint density at radius 3 is 2.29 bits per heavy atom. The molecule has 0 aromatic heterocycles. The highest BCUT2D eigenvalue weighted by molar-refractivity contribution is 5.28. The molecule has 3 unspecified atom stereocenters. The maximum atomic E-state index is 12.1. The van der Waals surface area contributed by atoms with Crippen molar-refractivity contribution in [1.82, 2.24) is 5.43 Å². The molecule has 1 aromatic carbocycles. The number of halogens is 3. The largest absolute Gasteiger partial charge is 0.573 e. The highest BCUT2D eigenvalue weighted by Gasteiger charge is 2.47. The first-order valence-corrected chi connectivity index (χ1v) is 7.25. The quantitative estimate of drug-likeness (QED) is 0.649. The van der Waals surface area contributed by atoms with Crippen LogP contribution in [0.3, 0.4) is 0 Å². The first-order chi connectivity index (χ1) is 9.94. The number of ether oxygens (including phenoxy) is 1. The molecule has 2 saturated carbocycles. The maximum absolute atomic E-state index is 12.1. The lowest BCUT2D eigenvalue weighted by Crippen LogP contribution is -2.42. The lowest BCUT2D eigenvalue weighted by Gasteiger charge is -2.24. The van der Waals surface area contributed by atoms with Crippen LogP contribution < -0.4 is 16.0 Å². The number of rotatable bonds is 5. The predicted molar refractivity (Wildman–Crippen MR) is 72.3 cm³/mol. The molecule has 3 nitrogen and oxygen atoms in total. The zero-order valence-electron chi connectivity index (χ0n) is 11.6. The zero-order chi connectivity index (χ0) is 15.0. The van der Waals surface area contributed by atoms with Crippen molar-refractivity contribution in [3.63, 3.8) is 0 Å². The highest BCUT2D eigenvalue weighted by Crippen LogP contribution is 2.55. The summed E-state index contributed by atoms with van der Waals surface area (Å²) in [5.41, 5.74) is 3.84. The number of hydrogen-bond donors (Lipinski definition) is 2. The first kappa shape index (κ1) is 14.7. The standard InChI is InChI=1S/C15H19F3N2O/c16-15(17,18)21-13-3-1-9(2-4-13)5-14(20-19)12-7-10-6-11(10)8-12/h1-4,10-12,14,20H,5-8,19H2. The molecule has 0 bridgehead atoms. The second-order valence-corrected chi connectivity index (χ2v) is 6.16. The van der Waals surface area contributed by atoms with Gasteiger partial charge in [0, 0.05) is 6.04 Å². The van der Waals surface area contributed by atoms with Crippen molar-refractivity contribution in [2.45, 2.75) is 38.1 Å². The van der Waals surface area contributed by atoms with Gasteiger partial charge in [-0.1, -0.05) is 12.1 Å². The van der Waals surface area contributed by atoms with Gasteiger partial charge in [-0.05, 0) is 61.1 Å². The fourth-order valence-corrected chi connectivity index (χ4v) is 3.53. The van der Waals surface area contributed by atoms with Crippen molar-refractivity contribution in [1.29, 1.82) is 0 Å². The van der Waals surface area contributed by atoms with E-state index in [0.717, 1.165) is 23.8 Å². The van der Waals surface area contributed by atoms with Crippen molar-refractivity contribution in [3.8, 4) is 5.75 Å². The van der Waals surface area contributed by atoms with Crippen molar-refractivity contribution in [2.24, 2.45) is 23.6 Å². The normalized spacial score (nSPS) is 29.0. The number of nitrogens with two attached hydrogens (primary N) is 1. The van der Waals surface area contributed by atoms with Gasteiger partial charge in [0.05, 0.1) is 0 Å². The summed E-state index contributed by atoms with van der Waals surface area (Å²) in [4.78, 5) is 0. The Balaban J connectivity index is 1.58. The third-order valence-electron chi connectivity index (χ3n) is 4.68. The second-order valence-electron chi connectivity index (χ2n) is 6.16. The smallest absolute Gasteiger partial charge is 0.406 e. The fraction of sp³-hybridized carbons (Fsp3) is 0.600. The van der Waals surface area contributed by atoms with Gasteiger partial charge < -0.3 is 4.74 Å². The molecule has 21 heavy (non-hydrogen) atoms. The van der Waals surface area contributed by atoms with E-state index in [9.17, 15) is 13.2 Å². The molecule has 0 radical (unpaired) electrons. The van der Waals surface area contributed by atoms with Gasteiger partial charge in [0.15, 0.2) is 0 Å². The van der Waals surface area contributed by atoms with E-state index in [1.54, 1.807) is 12.1 Å². The third-order valence-corrected chi connectivity index (χ3v) is 4.68. The first-order valence-electron chi connectivity index (χ1n) is 7.25. The van der Waals surface area contributed by atoms with Crippen LogP contribution in [0.25, 0.3) is 0 Å². The van der Waals surface area contributed by atoms with Crippen LogP contribution >= 0.6 is 0 Å². The van der Waals surface area contributed by atoms with Gasteiger partial charge in [-0.15, -0.1) is 13.2 Å². The molecule has 0 spiro atoms. The minimum absolute atomic E-state index is 0.187. The average Bonchev–Trinajstić information content (AvgIpc) is 3.03. The Labute approximate surface area is 121 Å². The number of nitrogens with one attached hydrogen (secondary N) is 1. The molecule has 1 aromatic rings. The predicted octanol–water partition coefficient (Wildman–Crippen LogP) is 3.01. The van der Waals surface area contributed by atoms with Gasteiger partial charge in [-0.25, -0.2) is 0 Å². The summed E-state index contributed by atoms with van der Waals surface area (Å²) in [5.74, 6) is 7.80. The van der Waals surface area contributed by atoms with Crippen molar-refractivity contribution in [2.75, 3.05) is 0 Å². The molecule has 3 rings (SSSR count). The highest BCUT2D eigenvalue weighted by atomic mass is 19.4. The molecule has 0 heterocycles. The van der Waals surface area contributed by atoms with Crippen LogP contribution in [0.1, 0.15) is 24.8 Å². The van der Waals surface area contributed by atoms with Crippen molar-refractivity contribution < 1.29 is 17.9 Å². The minimum Gasteiger partial charge on any atom is -0.406 e. The molecule has 116 valence electrons. The van der Waals surface area contributed by atoms with E-state index in [1.807, 2.05) is 0 Å². The summed E-state index contributed by atoms with van der Waals surface area (Å²) >= 11 is 0. The van der Waals surface area contributed by atoms with Crippen molar-refractivity contribution in [3.05, 3.63) is 29.8 Å². The van der Waals surface area contributed by atoms with Gasteiger partial charge in [0.25, 0.3) is 0 Å². The molecule has 3 atom stereocenters. The summed E-state index contributed by atoms with van der Waals surface area (Å²) in [6, 6.07) is 6.22. The van der Waals surface area contributed by atoms with Gasteiger partial charge in [-0.3, -0.25) is 11.3 Å². The maximum Gasteiger partial charge on any atom is 0.573 e. The van der Waals surface area contributed by atoms with E-state index in [0.29, 0.717) is 5.92 Å². The summed E-state index contributed by atoms with van der Waals surface area (Å²) < 4.78 is 40.2. The number of hydrogen-bond acceptors (Lipinski definition) is 3. The van der Waals surface area contributed by atoms with Crippen LogP contribution in [-0.2, 0) is 6.42 Å². The van der Waals surface area contributed by atoms with E-state index in [2.05, 4.69) is 10.2 Å². The molecule has 6 heteroatoms. The Kier molecular flexibility index (Phi) is 3.84. The van der Waals surface area contributed by atoms with E-state index in [1.165, 1.54) is 31.4 Å². The van der Waals surface area contributed by atoms with E-state index < -0.39 is 6.36 Å². The van der Waals surface area contributed by atoms with Crippen LogP contribution in [0.4, 0.5) is 13.2 Å². The lowest BCUT2D eigenvalue weighted by atomic mass is 9.90. The summed E-state index contributed by atoms with van der Waals surface area (Å²) in [6.07, 6.45) is -0.123. The Hall–Kier alpha value is -1.27. The second kappa shape index (κ2) is 5.50. The summed E-state index contributed by atoms with van der Waals surface area (Å²) in [6.45, 7) is 0. The van der Waals surface area contributed by atoms with Gasteiger partial charge in [0.1, 0.15) is 5.75 Å². The molecule has 3 N–H and O–H groups in total. The Bertz CT molecular complexity index is 479. The SMILES string of the molecule is NNC(Cc1ccc(OC(F)(F)F)cc1)C1CC2CC2C1. The third kappa shape index (κ3) is 3.68. The Morgan fingerprint density at radius 2 is 1.76 bits per heavy atom. The van der Waals surface area contributed by atoms with Crippen LogP contribution in [0.2, 0.25) is 0 Å². The molecule has 0 aliphatic heterocycles. The van der Waals surface area contributed by atoms with Crippen molar-refractivity contribution >= 4 is 0 Å². The topological polar surface area (TPSA) is 47.3 Å². The zero-order valence-corrected chi connectivity index (χ0v) is 11.6. The van der Waals surface area contributed by atoms with Crippen LogP contribution in [0.5, 0.6) is 5.75 Å². The number of hydrazine groups is 1. The fourth-order valence-electron chi connectivity index (χ4n) is 3.53. The number of alkyl halides is 3.